The summed E-state index contributed by atoms with van der Waals surface area (Å²) in [6.45, 7) is 6.78. The molecule has 0 fully saturated rings. The molecule has 9 rings (SSSR count). The Labute approximate surface area is 299 Å². The van der Waals surface area contributed by atoms with E-state index >= 15 is 0 Å². The lowest BCUT2D eigenvalue weighted by Gasteiger charge is -2.34. The molecule has 1 aromatic heterocycles. The van der Waals surface area contributed by atoms with Gasteiger partial charge in [-0.15, -0.1) is 0 Å². The topological polar surface area (TPSA) is 4.93 Å². The molecule has 1 aliphatic rings. The molecule has 1 heterocycles. The van der Waals surface area contributed by atoms with Crippen LogP contribution in [0, 0.1) is 0 Å². The summed E-state index contributed by atoms with van der Waals surface area (Å²) in [4.78, 5) is 0. The van der Waals surface area contributed by atoms with E-state index in [9.17, 15) is 0 Å². The number of fused-ring (bicyclic) bond motifs is 7. The van der Waals surface area contributed by atoms with E-state index in [1.807, 2.05) is 0 Å². The monoisotopic (exact) mass is 651 g/mol. The molecule has 0 spiro atoms. The molecule has 1 heteroatoms. The van der Waals surface area contributed by atoms with Crippen LogP contribution in [0.3, 0.4) is 0 Å². The molecule has 0 radical (unpaired) electrons. The third kappa shape index (κ3) is 4.85. The molecule has 242 valence electrons. The van der Waals surface area contributed by atoms with Crippen molar-refractivity contribution in [3.63, 3.8) is 0 Å². The molecule has 0 saturated carbocycles. The molecule has 1 aliphatic carbocycles. The number of aromatic nitrogens is 1. The standard InChI is InChI=1S/C50H37N/c1-35(37-19-7-3-8-20-37)33-41(34-36(2)38-21-9-4-10-22-38)51-46-30-18-16-28-44(46)48-47(51)32-31-43-42-27-15-17-29-45(42)50(49(43)48,39-23-11-5-12-24-39)40-25-13-6-14-26-40/h3-34H,1H2,2H3/b36-34+,41-33+. The Morgan fingerprint density at radius 2 is 1.06 bits per heavy atom. The quantitative estimate of drug-likeness (QED) is 0.151. The lowest BCUT2D eigenvalue weighted by Crippen LogP contribution is -2.28. The van der Waals surface area contributed by atoms with E-state index in [1.165, 1.54) is 60.8 Å². The van der Waals surface area contributed by atoms with Gasteiger partial charge in [-0.2, -0.15) is 0 Å². The second-order valence-electron chi connectivity index (χ2n) is 13.4. The normalized spacial score (nSPS) is 13.7. The molecule has 0 atom stereocenters. The summed E-state index contributed by atoms with van der Waals surface area (Å²) in [5.41, 5.74) is 15.1. The van der Waals surface area contributed by atoms with Gasteiger partial charge < -0.3 is 4.57 Å². The molecule has 8 aromatic rings. The van der Waals surface area contributed by atoms with Crippen LogP contribution in [-0.2, 0) is 5.41 Å². The number of rotatable bonds is 7. The molecule has 0 saturated heterocycles. The molecule has 0 aliphatic heterocycles. The van der Waals surface area contributed by atoms with Crippen molar-refractivity contribution in [1.29, 1.82) is 0 Å². The number of allylic oxidation sites excluding steroid dienone is 5. The molecular weight excluding hydrogens is 615 g/mol. The van der Waals surface area contributed by atoms with Crippen LogP contribution >= 0.6 is 0 Å². The zero-order valence-electron chi connectivity index (χ0n) is 28.6. The van der Waals surface area contributed by atoms with E-state index in [1.54, 1.807) is 0 Å². The first kappa shape index (κ1) is 30.6. The second kappa shape index (κ2) is 12.5. The first-order chi connectivity index (χ1) is 25.2. The summed E-state index contributed by atoms with van der Waals surface area (Å²) < 4.78 is 2.45. The van der Waals surface area contributed by atoms with Crippen LogP contribution in [0.2, 0.25) is 0 Å². The lowest BCUT2D eigenvalue weighted by atomic mass is 9.67. The van der Waals surface area contributed by atoms with Gasteiger partial charge in [0.05, 0.1) is 16.4 Å². The van der Waals surface area contributed by atoms with Crippen molar-refractivity contribution in [2.75, 3.05) is 0 Å². The molecule has 0 unspecified atom stereocenters. The van der Waals surface area contributed by atoms with E-state index in [2.05, 4.69) is 212 Å². The van der Waals surface area contributed by atoms with Gasteiger partial charge in [0.15, 0.2) is 0 Å². The second-order valence-corrected chi connectivity index (χ2v) is 13.4. The van der Waals surface area contributed by atoms with Crippen molar-refractivity contribution < 1.29 is 0 Å². The van der Waals surface area contributed by atoms with Crippen LogP contribution < -0.4 is 0 Å². The van der Waals surface area contributed by atoms with Gasteiger partial charge in [-0.05, 0) is 86.9 Å². The molecule has 51 heavy (non-hydrogen) atoms. The van der Waals surface area contributed by atoms with Gasteiger partial charge in [-0.1, -0.05) is 176 Å². The predicted octanol–water partition coefficient (Wildman–Crippen LogP) is 12.8. The average Bonchev–Trinajstić information content (AvgIpc) is 3.70. The fourth-order valence-electron chi connectivity index (χ4n) is 8.37. The Morgan fingerprint density at radius 1 is 0.510 bits per heavy atom. The minimum absolute atomic E-state index is 0.518. The predicted molar refractivity (Wildman–Crippen MR) is 217 cm³/mol. The summed E-state index contributed by atoms with van der Waals surface area (Å²) in [6, 6.07) is 65.9. The Kier molecular flexibility index (Phi) is 7.48. The number of hydrogen-bond donors (Lipinski definition) is 0. The van der Waals surface area contributed by atoms with Gasteiger partial charge in [0.25, 0.3) is 0 Å². The van der Waals surface area contributed by atoms with Crippen molar-refractivity contribution in [3.05, 3.63) is 234 Å². The highest BCUT2D eigenvalue weighted by atomic mass is 15.0. The van der Waals surface area contributed by atoms with Gasteiger partial charge in [-0.25, -0.2) is 0 Å². The van der Waals surface area contributed by atoms with E-state index < -0.39 is 5.41 Å². The van der Waals surface area contributed by atoms with Crippen LogP contribution in [0.25, 0.3) is 49.8 Å². The largest absolute Gasteiger partial charge is 0.309 e. The maximum atomic E-state index is 4.58. The number of benzene rings is 7. The summed E-state index contributed by atoms with van der Waals surface area (Å²) in [5, 5.41) is 2.50. The van der Waals surface area contributed by atoms with E-state index in [0.29, 0.717) is 0 Å². The maximum absolute atomic E-state index is 4.58. The summed E-state index contributed by atoms with van der Waals surface area (Å²) in [6.07, 6.45) is 4.57. The number of para-hydroxylation sites is 1. The zero-order valence-corrected chi connectivity index (χ0v) is 28.6. The molecular formula is C50H37N. The van der Waals surface area contributed by atoms with Crippen molar-refractivity contribution in [3.8, 4) is 11.1 Å². The molecule has 0 N–H and O–H groups in total. The van der Waals surface area contributed by atoms with Crippen molar-refractivity contribution in [2.24, 2.45) is 0 Å². The van der Waals surface area contributed by atoms with Crippen LogP contribution in [0.15, 0.2) is 201 Å². The van der Waals surface area contributed by atoms with Crippen LogP contribution in [0.5, 0.6) is 0 Å². The van der Waals surface area contributed by atoms with Gasteiger partial charge in [0.1, 0.15) is 0 Å². The minimum Gasteiger partial charge on any atom is -0.309 e. The summed E-state index contributed by atoms with van der Waals surface area (Å²) >= 11 is 0. The highest BCUT2D eigenvalue weighted by Crippen LogP contribution is 2.59. The fraction of sp³-hybridized carbons (Fsp3) is 0.0400. The maximum Gasteiger partial charge on any atom is 0.0720 e. The summed E-state index contributed by atoms with van der Waals surface area (Å²) in [5.74, 6) is 0. The molecule has 1 nitrogen and oxygen atoms in total. The van der Waals surface area contributed by atoms with Crippen LogP contribution in [0.1, 0.15) is 40.3 Å². The number of hydrogen-bond acceptors (Lipinski definition) is 0. The van der Waals surface area contributed by atoms with Crippen molar-refractivity contribution >= 4 is 38.6 Å². The molecule has 7 aromatic carbocycles. The van der Waals surface area contributed by atoms with Gasteiger partial charge >= 0.3 is 0 Å². The van der Waals surface area contributed by atoms with E-state index in [-0.39, 0.29) is 0 Å². The third-order valence-corrected chi connectivity index (χ3v) is 10.6. The third-order valence-electron chi connectivity index (χ3n) is 10.6. The van der Waals surface area contributed by atoms with E-state index in [0.717, 1.165) is 22.4 Å². The van der Waals surface area contributed by atoms with Gasteiger partial charge in [0, 0.05) is 16.5 Å². The lowest BCUT2D eigenvalue weighted by molar-refractivity contribution is 0.776. The Balaban J connectivity index is 1.42. The number of nitrogens with zero attached hydrogens (tertiary/aromatic N) is 1. The zero-order chi connectivity index (χ0) is 34.4. The van der Waals surface area contributed by atoms with Crippen LogP contribution in [0.4, 0.5) is 0 Å². The Hall–Kier alpha value is -6.44. The molecule has 0 amide bonds. The first-order valence-corrected chi connectivity index (χ1v) is 17.6. The van der Waals surface area contributed by atoms with Gasteiger partial charge in [-0.3, -0.25) is 0 Å². The van der Waals surface area contributed by atoms with Gasteiger partial charge in [0.2, 0.25) is 0 Å². The SMILES string of the molecule is C=C(/C=C(\C=C(/C)c1ccccc1)n1c2ccccc2c2c3c(ccc21)-c1ccccc1C3(c1ccccc1)c1ccccc1)c1ccccc1. The Morgan fingerprint density at radius 3 is 1.73 bits per heavy atom. The minimum atomic E-state index is -0.518. The highest BCUT2D eigenvalue weighted by molar-refractivity contribution is 6.16. The average molecular weight is 652 g/mol. The van der Waals surface area contributed by atoms with E-state index in [4.69, 9.17) is 0 Å². The van der Waals surface area contributed by atoms with Crippen LogP contribution in [-0.4, -0.2) is 4.57 Å². The highest BCUT2D eigenvalue weighted by Gasteiger charge is 2.47. The first-order valence-electron chi connectivity index (χ1n) is 17.6. The molecule has 0 bridgehead atoms. The fourth-order valence-corrected chi connectivity index (χ4v) is 8.37. The van der Waals surface area contributed by atoms with Crippen molar-refractivity contribution in [2.45, 2.75) is 12.3 Å². The Bertz CT molecular complexity index is 2580. The van der Waals surface area contributed by atoms with Crippen molar-refractivity contribution in [1.82, 2.24) is 4.57 Å². The summed E-state index contributed by atoms with van der Waals surface area (Å²) in [7, 11) is 0. The smallest absolute Gasteiger partial charge is 0.0720 e.